The number of nitrogens with one attached hydrogen (secondary N) is 2. The summed E-state index contributed by atoms with van der Waals surface area (Å²) in [4.78, 5) is 31.5. The Morgan fingerprint density at radius 2 is 2.06 bits per heavy atom. The lowest BCUT2D eigenvalue weighted by molar-refractivity contribution is -0.133. The number of amides is 2. The maximum Gasteiger partial charge on any atom is 0.290 e. The molecule has 1 saturated heterocycles. The molecule has 2 amide bonds. The van der Waals surface area contributed by atoms with E-state index in [-0.39, 0.29) is 17.6 Å². The van der Waals surface area contributed by atoms with Gasteiger partial charge in [-0.1, -0.05) is 12.1 Å². The Morgan fingerprint density at radius 1 is 1.29 bits per heavy atom. The average molecular weight is 477 g/mol. The molecule has 1 fully saturated rings. The van der Waals surface area contributed by atoms with Crippen molar-refractivity contribution >= 4 is 28.9 Å². The molecule has 2 heterocycles. The fraction of sp³-hybridized carbons (Fsp3) is 0.556. The topological polar surface area (TPSA) is 124 Å². The summed E-state index contributed by atoms with van der Waals surface area (Å²) in [6, 6.07) is 7.95. The molecule has 4 N–H and O–H groups in total. The number of anilines is 1. The number of nitrogens with zero attached hydrogens (tertiary/aromatic N) is 3. The van der Waals surface area contributed by atoms with Crippen LogP contribution < -0.4 is 16.4 Å². The standard InChI is InChI=1S/C27H36N6O2/c1-27(2,29)15-24(34)33-12-10-18(11-13-33)20-8-9-23(22(14-20)19-6-4-3-5-7-19)32-26(35)25-30-17-21(16-28)31-25/h6,8-9,14,18,21H,3-5,7,10-13,15,17,29H2,1-2H3,(H,30,31)(H,32,35)/t21-/m1/s1. The van der Waals surface area contributed by atoms with Crippen LogP contribution in [0.4, 0.5) is 5.69 Å². The van der Waals surface area contributed by atoms with Crippen LogP contribution in [0.15, 0.2) is 29.3 Å². The van der Waals surface area contributed by atoms with E-state index in [1.165, 1.54) is 17.6 Å². The van der Waals surface area contributed by atoms with Crippen molar-refractivity contribution in [3.8, 4) is 6.07 Å². The molecule has 0 spiro atoms. The zero-order valence-electron chi connectivity index (χ0n) is 20.8. The minimum Gasteiger partial charge on any atom is -0.349 e. The Labute approximate surface area is 207 Å². The Kier molecular flexibility index (Phi) is 7.56. The predicted molar refractivity (Wildman–Crippen MR) is 138 cm³/mol. The van der Waals surface area contributed by atoms with E-state index < -0.39 is 11.6 Å². The van der Waals surface area contributed by atoms with E-state index in [4.69, 9.17) is 11.0 Å². The largest absolute Gasteiger partial charge is 0.349 e. The molecular weight excluding hydrogens is 440 g/mol. The van der Waals surface area contributed by atoms with Crippen molar-refractivity contribution in [3.05, 3.63) is 35.4 Å². The van der Waals surface area contributed by atoms with Crippen molar-refractivity contribution in [3.63, 3.8) is 0 Å². The molecule has 186 valence electrons. The molecule has 3 aliphatic rings. The summed E-state index contributed by atoms with van der Waals surface area (Å²) in [5.41, 5.74) is 9.90. The minimum absolute atomic E-state index is 0.129. The van der Waals surface area contributed by atoms with Gasteiger partial charge in [0.2, 0.25) is 5.91 Å². The Morgan fingerprint density at radius 3 is 2.69 bits per heavy atom. The molecular formula is C27H36N6O2. The number of amidine groups is 1. The smallest absolute Gasteiger partial charge is 0.290 e. The molecule has 1 atom stereocenters. The number of nitrogens with two attached hydrogens (primary N) is 1. The third kappa shape index (κ3) is 6.29. The van der Waals surface area contributed by atoms with Gasteiger partial charge >= 0.3 is 0 Å². The van der Waals surface area contributed by atoms with E-state index in [0.717, 1.165) is 56.4 Å². The number of rotatable bonds is 6. The highest BCUT2D eigenvalue weighted by atomic mass is 16.2. The monoisotopic (exact) mass is 476 g/mol. The Balaban J connectivity index is 1.49. The van der Waals surface area contributed by atoms with E-state index >= 15 is 0 Å². The van der Waals surface area contributed by atoms with Gasteiger partial charge in [-0.15, -0.1) is 0 Å². The van der Waals surface area contributed by atoms with Crippen molar-refractivity contribution in [1.82, 2.24) is 10.2 Å². The molecule has 0 saturated carbocycles. The van der Waals surface area contributed by atoms with E-state index in [9.17, 15) is 9.59 Å². The van der Waals surface area contributed by atoms with Crippen LogP contribution in [0.1, 0.15) is 75.8 Å². The summed E-state index contributed by atoms with van der Waals surface area (Å²) in [5.74, 6) is 0.392. The zero-order valence-corrected chi connectivity index (χ0v) is 20.8. The maximum atomic E-state index is 12.8. The molecule has 1 aromatic carbocycles. The molecule has 35 heavy (non-hydrogen) atoms. The summed E-state index contributed by atoms with van der Waals surface area (Å²) < 4.78 is 0. The second-order valence-corrected chi connectivity index (χ2v) is 10.6. The van der Waals surface area contributed by atoms with Gasteiger partial charge in [-0.05, 0) is 81.6 Å². The van der Waals surface area contributed by atoms with Gasteiger partial charge in [0.25, 0.3) is 5.91 Å². The summed E-state index contributed by atoms with van der Waals surface area (Å²) in [7, 11) is 0. The number of allylic oxidation sites excluding steroid dienone is 2. The molecule has 0 aromatic heterocycles. The minimum atomic E-state index is -0.494. The molecule has 1 aromatic rings. The number of benzene rings is 1. The van der Waals surface area contributed by atoms with Crippen LogP contribution in [0, 0.1) is 11.3 Å². The van der Waals surface area contributed by atoms with E-state index in [1.54, 1.807) is 0 Å². The number of piperidine rings is 1. The van der Waals surface area contributed by atoms with Gasteiger partial charge in [-0.2, -0.15) is 5.26 Å². The maximum absolute atomic E-state index is 12.8. The van der Waals surface area contributed by atoms with Gasteiger partial charge in [0.1, 0.15) is 6.04 Å². The normalized spacial score (nSPS) is 21.0. The Bertz CT molecular complexity index is 1070. The van der Waals surface area contributed by atoms with Crippen LogP contribution in [0.25, 0.3) is 5.57 Å². The summed E-state index contributed by atoms with van der Waals surface area (Å²) >= 11 is 0. The average Bonchev–Trinajstić information content (AvgIpc) is 3.34. The quantitative estimate of drug-likeness (QED) is 0.581. The SMILES string of the molecule is CC(C)(N)CC(=O)N1CCC(c2ccc(NC(=O)C3=NC[C@@H](C#N)N3)c(C3=CCCCC3)c2)CC1. The number of hydrogen-bond donors (Lipinski definition) is 3. The van der Waals surface area contributed by atoms with Crippen LogP contribution >= 0.6 is 0 Å². The molecule has 0 radical (unpaired) electrons. The van der Waals surface area contributed by atoms with Crippen LogP contribution in [-0.2, 0) is 9.59 Å². The molecule has 0 unspecified atom stereocenters. The highest BCUT2D eigenvalue weighted by molar-refractivity contribution is 6.42. The van der Waals surface area contributed by atoms with Crippen LogP contribution in [0.3, 0.4) is 0 Å². The third-order valence-corrected chi connectivity index (χ3v) is 6.97. The van der Waals surface area contributed by atoms with Crippen molar-refractivity contribution in [2.24, 2.45) is 10.7 Å². The molecule has 0 bridgehead atoms. The lowest BCUT2D eigenvalue weighted by Gasteiger charge is -2.34. The van der Waals surface area contributed by atoms with Crippen molar-refractivity contribution < 1.29 is 9.59 Å². The fourth-order valence-corrected chi connectivity index (χ4v) is 5.07. The molecule has 8 nitrogen and oxygen atoms in total. The first-order chi connectivity index (χ1) is 16.7. The lowest BCUT2D eigenvalue weighted by atomic mass is 9.85. The van der Waals surface area contributed by atoms with E-state index in [0.29, 0.717) is 18.9 Å². The van der Waals surface area contributed by atoms with Crippen LogP contribution in [0.2, 0.25) is 0 Å². The molecule has 1 aliphatic carbocycles. The van der Waals surface area contributed by atoms with Gasteiger partial charge < -0.3 is 21.3 Å². The molecule has 2 aliphatic heterocycles. The van der Waals surface area contributed by atoms with Gasteiger partial charge in [0.15, 0.2) is 5.84 Å². The molecule has 8 heteroatoms. The van der Waals surface area contributed by atoms with E-state index in [1.807, 2.05) is 24.8 Å². The van der Waals surface area contributed by atoms with Gasteiger partial charge in [0.05, 0.1) is 12.6 Å². The zero-order chi connectivity index (χ0) is 25.0. The van der Waals surface area contributed by atoms with Crippen LogP contribution in [-0.4, -0.2) is 53.8 Å². The first-order valence-corrected chi connectivity index (χ1v) is 12.7. The van der Waals surface area contributed by atoms with Crippen molar-refractivity contribution in [2.45, 2.75) is 76.3 Å². The first kappa shape index (κ1) is 24.9. The number of aliphatic imine (C=N–C) groups is 1. The highest BCUT2D eigenvalue weighted by Crippen LogP contribution is 2.36. The number of hydrogen-bond acceptors (Lipinski definition) is 6. The predicted octanol–water partition coefficient (Wildman–Crippen LogP) is 3.31. The number of nitriles is 1. The van der Waals surface area contributed by atoms with Gasteiger partial charge in [-0.3, -0.25) is 14.6 Å². The van der Waals surface area contributed by atoms with Crippen molar-refractivity contribution in [1.29, 1.82) is 5.26 Å². The first-order valence-electron chi connectivity index (χ1n) is 12.7. The van der Waals surface area contributed by atoms with Crippen LogP contribution in [0.5, 0.6) is 0 Å². The number of carbonyl (C=O) groups is 2. The lowest BCUT2D eigenvalue weighted by Crippen LogP contribution is -2.44. The highest BCUT2D eigenvalue weighted by Gasteiger charge is 2.28. The third-order valence-electron chi connectivity index (χ3n) is 6.97. The number of carbonyl (C=O) groups excluding carboxylic acids is 2. The molecule has 4 rings (SSSR count). The van der Waals surface area contributed by atoms with Gasteiger partial charge in [0, 0.05) is 36.3 Å². The van der Waals surface area contributed by atoms with Gasteiger partial charge in [-0.25, -0.2) is 0 Å². The number of likely N-dealkylation sites (tertiary alicyclic amines) is 1. The second kappa shape index (κ2) is 10.6. The fourth-order valence-electron chi connectivity index (χ4n) is 5.07. The van der Waals surface area contributed by atoms with Crippen molar-refractivity contribution in [2.75, 3.05) is 25.0 Å². The summed E-state index contributed by atoms with van der Waals surface area (Å²) in [6.45, 7) is 5.54. The summed E-state index contributed by atoms with van der Waals surface area (Å²) in [5, 5.41) is 15.0. The summed E-state index contributed by atoms with van der Waals surface area (Å²) in [6.07, 6.45) is 8.83. The van der Waals surface area contributed by atoms with E-state index in [2.05, 4.69) is 39.9 Å². The second-order valence-electron chi connectivity index (χ2n) is 10.6. The Hall–Kier alpha value is -3.18.